The minimum atomic E-state index is -0.189. The summed E-state index contributed by atoms with van der Waals surface area (Å²) >= 11 is 0. The Morgan fingerprint density at radius 2 is 2.12 bits per heavy atom. The van der Waals surface area contributed by atoms with Crippen molar-refractivity contribution in [3.05, 3.63) is 70.4 Å². The summed E-state index contributed by atoms with van der Waals surface area (Å²) in [5, 5.41) is 16.4. The average molecular weight is 344 g/mol. The van der Waals surface area contributed by atoms with E-state index < -0.39 is 0 Å². The zero-order chi connectivity index (χ0) is 18.3. The second kappa shape index (κ2) is 6.01. The zero-order valence-corrected chi connectivity index (χ0v) is 14.3. The highest BCUT2D eigenvalue weighted by Crippen LogP contribution is 2.27. The molecule has 0 spiro atoms. The van der Waals surface area contributed by atoms with Crippen LogP contribution in [0.2, 0.25) is 0 Å². The molecule has 0 aliphatic carbocycles. The number of aromatic nitrogens is 5. The Hall–Kier alpha value is -3.66. The number of benzene rings is 1. The smallest absolute Gasteiger partial charge is 0.276 e. The average Bonchev–Trinajstić information content (AvgIpc) is 3.31. The van der Waals surface area contributed by atoms with Gasteiger partial charge in [0.2, 0.25) is 0 Å². The fourth-order valence-electron chi connectivity index (χ4n) is 3.07. The molecule has 0 aliphatic heterocycles. The molecule has 0 atom stereocenters. The quantitative estimate of drug-likeness (QED) is 0.618. The monoisotopic (exact) mass is 344 g/mol. The molecule has 0 radical (unpaired) electrons. The van der Waals surface area contributed by atoms with Crippen LogP contribution in [0.1, 0.15) is 30.9 Å². The summed E-state index contributed by atoms with van der Waals surface area (Å²) in [6.07, 6.45) is 5.06. The van der Waals surface area contributed by atoms with Gasteiger partial charge < -0.3 is 0 Å². The molecular formula is C19H16N6O. The third-order valence-electron chi connectivity index (χ3n) is 4.28. The van der Waals surface area contributed by atoms with Crippen molar-refractivity contribution in [1.29, 1.82) is 5.26 Å². The van der Waals surface area contributed by atoms with Crippen LogP contribution < -0.4 is 5.56 Å². The van der Waals surface area contributed by atoms with Crippen molar-refractivity contribution < 1.29 is 0 Å². The summed E-state index contributed by atoms with van der Waals surface area (Å²) in [7, 11) is 0. The van der Waals surface area contributed by atoms with Gasteiger partial charge in [0.15, 0.2) is 5.65 Å². The number of hydrogen-bond acceptors (Lipinski definition) is 4. The Morgan fingerprint density at radius 3 is 2.81 bits per heavy atom. The predicted octanol–water partition coefficient (Wildman–Crippen LogP) is 2.87. The van der Waals surface area contributed by atoms with Gasteiger partial charge in [0.25, 0.3) is 5.56 Å². The van der Waals surface area contributed by atoms with Crippen molar-refractivity contribution >= 4 is 5.65 Å². The number of fused-ring (bicyclic) bond motifs is 1. The first kappa shape index (κ1) is 15.8. The molecule has 4 aromatic rings. The van der Waals surface area contributed by atoms with Gasteiger partial charge in [-0.15, -0.1) is 0 Å². The maximum Gasteiger partial charge on any atom is 0.276 e. The van der Waals surface area contributed by atoms with Gasteiger partial charge in [0.1, 0.15) is 11.6 Å². The maximum absolute atomic E-state index is 13.0. The van der Waals surface area contributed by atoms with Crippen LogP contribution in [0.3, 0.4) is 0 Å². The largest absolute Gasteiger partial charge is 0.295 e. The second-order valence-corrected chi connectivity index (χ2v) is 6.29. The highest BCUT2D eigenvalue weighted by molar-refractivity contribution is 5.69. The lowest BCUT2D eigenvalue weighted by Crippen LogP contribution is -2.22. The fourth-order valence-corrected chi connectivity index (χ4v) is 3.07. The van der Waals surface area contributed by atoms with E-state index in [9.17, 15) is 10.1 Å². The molecule has 3 heterocycles. The van der Waals surface area contributed by atoms with Crippen LogP contribution in [0, 0.1) is 11.3 Å². The molecule has 26 heavy (non-hydrogen) atoms. The summed E-state index contributed by atoms with van der Waals surface area (Å²) in [5.41, 5.74) is 3.36. The minimum absolute atomic E-state index is 0.0240. The number of hydrogen-bond donors (Lipinski definition) is 1. The van der Waals surface area contributed by atoms with E-state index in [1.807, 2.05) is 50.4 Å². The highest BCUT2D eigenvalue weighted by Gasteiger charge is 2.20. The Bertz CT molecular complexity index is 1190. The molecular weight excluding hydrogens is 328 g/mol. The molecule has 0 fully saturated rings. The third-order valence-corrected chi connectivity index (χ3v) is 4.28. The Morgan fingerprint density at radius 1 is 1.27 bits per heavy atom. The van der Waals surface area contributed by atoms with E-state index in [0.29, 0.717) is 22.5 Å². The molecule has 4 rings (SSSR count). The van der Waals surface area contributed by atoms with Crippen molar-refractivity contribution in [2.75, 3.05) is 0 Å². The van der Waals surface area contributed by atoms with E-state index in [-0.39, 0.29) is 11.5 Å². The van der Waals surface area contributed by atoms with Gasteiger partial charge in [0, 0.05) is 29.7 Å². The third kappa shape index (κ3) is 2.40. The fraction of sp³-hybridized carbons (Fsp3) is 0.158. The molecule has 128 valence electrons. The molecule has 0 amide bonds. The lowest BCUT2D eigenvalue weighted by molar-refractivity contribution is 0.797. The molecule has 1 aromatic carbocycles. The number of nitriles is 1. The van der Waals surface area contributed by atoms with Crippen LogP contribution in [0.25, 0.3) is 22.6 Å². The number of H-pyrrole nitrogens is 1. The standard InChI is InChI=1S/C19H16N6O/c1-12(2)16-17(23-18-14(10-20)11-22-25(18)19(16)26)13-5-3-6-15(9-13)24-8-4-7-21-24/h3-9,11-12,22H,1-2H3. The van der Waals surface area contributed by atoms with Crippen LogP contribution in [0.5, 0.6) is 0 Å². The molecule has 0 unspecified atom stereocenters. The molecule has 0 aliphatic rings. The van der Waals surface area contributed by atoms with Crippen LogP contribution >= 0.6 is 0 Å². The molecule has 3 aromatic heterocycles. The summed E-state index contributed by atoms with van der Waals surface area (Å²) in [5.74, 6) is -0.0240. The van der Waals surface area contributed by atoms with Crippen molar-refractivity contribution in [2.24, 2.45) is 0 Å². The summed E-state index contributed by atoms with van der Waals surface area (Å²) in [6.45, 7) is 3.92. The first-order valence-electron chi connectivity index (χ1n) is 8.24. The van der Waals surface area contributed by atoms with Gasteiger partial charge in [-0.3, -0.25) is 9.89 Å². The Labute approximate surface area is 149 Å². The number of nitrogens with zero attached hydrogens (tertiary/aromatic N) is 5. The molecule has 0 bridgehead atoms. The van der Waals surface area contributed by atoms with Crippen LogP contribution in [0.15, 0.2) is 53.7 Å². The molecule has 7 nitrogen and oxygen atoms in total. The zero-order valence-electron chi connectivity index (χ0n) is 14.3. The molecule has 0 saturated carbocycles. The van der Waals surface area contributed by atoms with Crippen molar-refractivity contribution in [3.8, 4) is 23.0 Å². The van der Waals surface area contributed by atoms with E-state index in [2.05, 4.69) is 21.3 Å². The van der Waals surface area contributed by atoms with Gasteiger partial charge in [-0.1, -0.05) is 26.0 Å². The first-order valence-corrected chi connectivity index (χ1v) is 8.24. The summed E-state index contributed by atoms with van der Waals surface area (Å²) in [6, 6.07) is 11.6. The normalized spacial score (nSPS) is 11.2. The SMILES string of the molecule is CC(C)c1c(-c2cccc(-n3cccn3)c2)nc2c(C#N)c[nH]n2c1=O. The molecule has 7 heteroatoms. The number of nitrogens with one attached hydrogen (secondary N) is 1. The van der Waals surface area contributed by atoms with Crippen molar-refractivity contribution in [3.63, 3.8) is 0 Å². The Kier molecular flexibility index (Phi) is 3.66. The van der Waals surface area contributed by atoms with Crippen LogP contribution in [-0.4, -0.2) is 24.4 Å². The lowest BCUT2D eigenvalue weighted by Gasteiger charge is -2.13. The van der Waals surface area contributed by atoms with Crippen LogP contribution in [0.4, 0.5) is 0 Å². The van der Waals surface area contributed by atoms with Gasteiger partial charge in [-0.2, -0.15) is 10.4 Å². The highest BCUT2D eigenvalue weighted by atomic mass is 16.1. The van der Waals surface area contributed by atoms with E-state index in [4.69, 9.17) is 0 Å². The first-order chi connectivity index (χ1) is 12.6. The van der Waals surface area contributed by atoms with Crippen molar-refractivity contribution in [2.45, 2.75) is 19.8 Å². The maximum atomic E-state index is 13.0. The topological polar surface area (TPSA) is 91.8 Å². The Balaban J connectivity index is 2.02. The van der Waals surface area contributed by atoms with Gasteiger partial charge in [-0.05, 0) is 24.1 Å². The second-order valence-electron chi connectivity index (χ2n) is 6.29. The summed E-state index contributed by atoms with van der Waals surface area (Å²) < 4.78 is 3.08. The van der Waals surface area contributed by atoms with Gasteiger partial charge in [-0.25, -0.2) is 14.2 Å². The lowest BCUT2D eigenvalue weighted by atomic mass is 9.98. The molecule has 0 saturated heterocycles. The van der Waals surface area contributed by atoms with E-state index in [1.54, 1.807) is 10.9 Å². The van der Waals surface area contributed by atoms with E-state index >= 15 is 0 Å². The van der Waals surface area contributed by atoms with E-state index in [1.165, 1.54) is 10.7 Å². The van der Waals surface area contributed by atoms with Gasteiger partial charge in [0.05, 0.1) is 11.4 Å². The molecule has 1 N–H and O–H groups in total. The minimum Gasteiger partial charge on any atom is -0.295 e. The number of aromatic amines is 1. The number of rotatable bonds is 3. The van der Waals surface area contributed by atoms with Crippen molar-refractivity contribution in [1.82, 2.24) is 24.4 Å². The van der Waals surface area contributed by atoms with Gasteiger partial charge >= 0.3 is 0 Å². The van der Waals surface area contributed by atoms with E-state index in [0.717, 1.165) is 11.3 Å². The summed E-state index contributed by atoms with van der Waals surface area (Å²) in [4.78, 5) is 17.6. The van der Waals surface area contributed by atoms with Crippen LogP contribution in [-0.2, 0) is 0 Å². The predicted molar refractivity (Wildman–Crippen MR) is 97.2 cm³/mol.